The van der Waals surface area contributed by atoms with Gasteiger partial charge in [0.05, 0.1) is 6.54 Å². The van der Waals surface area contributed by atoms with E-state index in [0.717, 1.165) is 0 Å². The zero-order valence-corrected chi connectivity index (χ0v) is 3.15. The molecule has 0 atom stereocenters. The normalized spacial score (nSPS) is 6.40. The number of hydrogen-bond donors (Lipinski definition) is 1. The highest BCUT2D eigenvalue weighted by Gasteiger charge is 1.58. The van der Waals surface area contributed by atoms with Crippen LogP contribution >= 0.6 is 0 Å². The van der Waals surface area contributed by atoms with Crippen molar-refractivity contribution < 1.29 is 0 Å². The van der Waals surface area contributed by atoms with Crippen LogP contribution in [0.4, 0.5) is 0 Å². The SMILES string of the molecule is C#C[CH]NC. The molecule has 1 radical (unpaired) electrons. The van der Waals surface area contributed by atoms with Crippen molar-refractivity contribution in [3.05, 3.63) is 6.54 Å². The lowest BCUT2D eigenvalue weighted by Gasteiger charge is -1.75. The highest BCUT2D eigenvalue weighted by molar-refractivity contribution is 4.97. The van der Waals surface area contributed by atoms with Crippen molar-refractivity contribution >= 4 is 0 Å². The second-order valence-corrected chi connectivity index (χ2v) is 0.600. The van der Waals surface area contributed by atoms with Crippen molar-refractivity contribution in [1.82, 2.24) is 5.32 Å². The van der Waals surface area contributed by atoms with Gasteiger partial charge in [0.1, 0.15) is 0 Å². The van der Waals surface area contributed by atoms with Gasteiger partial charge < -0.3 is 5.32 Å². The molecular weight excluding hydrogens is 62.1 g/mol. The molecule has 0 saturated carbocycles. The lowest BCUT2D eigenvalue weighted by atomic mass is 10.7. The number of nitrogens with one attached hydrogen (secondary N) is 1. The van der Waals surface area contributed by atoms with E-state index in [1.165, 1.54) is 6.54 Å². The Hall–Kier alpha value is -0.480. The molecule has 0 aromatic heterocycles. The van der Waals surface area contributed by atoms with Crippen LogP contribution in [0.1, 0.15) is 0 Å². The third-order valence-corrected chi connectivity index (χ3v) is 0.228. The summed E-state index contributed by atoms with van der Waals surface area (Å²) in [4.78, 5) is 0. The first-order valence-electron chi connectivity index (χ1n) is 1.37. The van der Waals surface area contributed by atoms with Crippen molar-refractivity contribution in [1.29, 1.82) is 0 Å². The summed E-state index contributed by atoms with van der Waals surface area (Å²) < 4.78 is 0. The van der Waals surface area contributed by atoms with Crippen LogP contribution < -0.4 is 5.32 Å². The molecule has 0 aromatic rings. The molecule has 0 heterocycles. The van der Waals surface area contributed by atoms with E-state index in [4.69, 9.17) is 6.42 Å². The van der Waals surface area contributed by atoms with Crippen LogP contribution in [0, 0.1) is 18.9 Å². The Balaban J connectivity index is 2.48. The van der Waals surface area contributed by atoms with E-state index in [9.17, 15) is 0 Å². The molecule has 0 saturated heterocycles. The molecule has 0 aromatic carbocycles. The molecule has 0 fully saturated rings. The molecule has 0 unspecified atom stereocenters. The molecule has 1 nitrogen and oxygen atoms in total. The van der Waals surface area contributed by atoms with Gasteiger partial charge in [-0.3, -0.25) is 0 Å². The molecule has 5 heavy (non-hydrogen) atoms. The Morgan fingerprint density at radius 1 is 2.00 bits per heavy atom. The molecule has 0 aliphatic carbocycles. The van der Waals surface area contributed by atoms with E-state index in [1.807, 2.05) is 0 Å². The summed E-state index contributed by atoms with van der Waals surface area (Å²) >= 11 is 0. The van der Waals surface area contributed by atoms with Gasteiger partial charge in [0.15, 0.2) is 0 Å². The molecule has 0 amide bonds. The third kappa shape index (κ3) is 3.52. The second-order valence-electron chi connectivity index (χ2n) is 0.600. The van der Waals surface area contributed by atoms with Gasteiger partial charge in [-0.1, -0.05) is 5.92 Å². The van der Waals surface area contributed by atoms with Crippen LogP contribution in [0.25, 0.3) is 0 Å². The van der Waals surface area contributed by atoms with Gasteiger partial charge in [-0.2, -0.15) is 0 Å². The lowest BCUT2D eigenvalue weighted by Crippen LogP contribution is -1.96. The van der Waals surface area contributed by atoms with Crippen LogP contribution in [-0.4, -0.2) is 7.05 Å². The maximum Gasteiger partial charge on any atom is 0.0954 e. The van der Waals surface area contributed by atoms with Crippen LogP contribution in [0.2, 0.25) is 0 Å². The molecule has 0 aliphatic rings. The quantitative estimate of drug-likeness (QED) is 0.426. The van der Waals surface area contributed by atoms with E-state index in [0.29, 0.717) is 0 Å². The fourth-order valence-electron chi connectivity index (χ4n) is 0.0833. The first-order valence-corrected chi connectivity index (χ1v) is 1.37. The maximum atomic E-state index is 4.77. The van der Waals surface area contributed by atoms with Crippen LogP contribution in [0.3, 0.4) is 0 Å². The summed E-state index contributed by atoms with van der Waals surface area (Å²) in [5, 5.41) is 2.66. The second kappa shape index (κ2) is 3.52. The Kier molecular flexibility index (Phi) is 3.18. The van der Waals surface area contributed by atoms with Crippen molar-refractivity contribution in [2.45, 2.75) is 0 Å². The maximum absolute atomic E-state index is 4.77. The van der Waals surface area contributed by atoms with Crippen LogP contribution in [0.15, 0.2) is 0 Å². The first-order chi connectivity index (χ1) is 2.41. The van der Waals surface area contributed by atoms with Crippen molar-refractivity contribution in [3.8, 4) is 12.3 Å². The average molecular weight is 68.1 g/mol. The van der Waals surface area contributed by atoms with Crippen LogP contribution in [-0.2, 0) is 0 Å². The zero-order valence-electron chi connectivity index (χ0n) is 3.15. The number of terminal acetylenes is 1. The van der Waals surface area contributed by atoms with Gasteiger partial charge in [0.25, 0.3) is 0 Å². The smallest absolute Gasteiger partial charge is 0.0954 e. The molecule has 27 valence electrons. The molecule has 1 N–H and O–H groups in total. The summed E-state index contributed by atoms with van der Waals surface area (Å²) in [6.07, 6.45) is 4.77. The minimum atomic E-state index is 1.53. The van der Waals surface area contributed by atoms with Gasteiger partial charge in [-0.15, -0.1) is 6.42 Å². The summed E-state index contributed by atoms with van der Waals surface area (Å²) in [6.45, 7) is 1.53. The molecule has 0 spiro atoms. The molecule has 0 bridgehead atoms. The summed E-state index contributed by atoms with van der Waals surface area (Å²) in [7, 11) is 1.76. The van der Waals surface area contributed by atoms with Crippen molar-refractivity contribution in [2.75, 3.05) is 7.05 Å². The zero-order chi connectivity index (χ0) is 4.12. The third-order valence-electron chi connectivity index (χ3n) is 0.228. The molecular formula is C4H6N. The van der Waals surface area contributed by atoms with Crippen LogP contribution in [0.5, 0.6) is 0 Å². The molecule has 1 heteroatoms. The highest BCUT2D eigenvalue weighted by Crippen LogP contribution is 1.49. The monoisotopic (exact) mass is 68.1 g/mol. The van der Waals surface area contributed by atoms with E-state index in [2.05, 4.69) is 11.2 Å². The summed E-state index contributed by atoms with van der Waals surface area (Å²) in [6, 6.07) is 0. The Morgan fingerprint density at radius 3 is 2.60 bits per heavy atom. The highest BCUT2D eigenvalue weighted by atomic mass is 14.8. The number of hydrogen-bond acceptors (Lipinski definition) is 1. The first kappa shape index (κ1) is 4.52. The lowest BCUT2D eigenvalue weighted by molar-refractivity contribution is 1.04. The average Bonchev–Trinajstić information content (AvgIpc) is 1.41. The fourth-order valence-corrected chi connectivity index (χ4v) is 0.0833. The Bertz CT molecular complexity index is 42.1. The van der Waals surface area contributed by atoms with Crippen molar-refractivity contribution in [3.63, 3.8) is 0 Å². The minimum Gasteiger partial charge on any atom is -0.305 e. The topological polar surface area (TPSA) is 12.0 Å². The summed E-state index contributed by atoms with van der Waals surface area (Å²) in [5.41, 5.74) is 0. The Labute approximate surface area is 32.4 Å². The van der Waals surface area contributed by atoms with Gasteiger partial charge in [-0.05, 0) is 7.05 Å². The largest absolute Gasteiger partial charge is 0.305 e. The van der Waals surface area contributed by atoms with Crippen molar-refractivity contribution in [2.24, 2.45) is 0 Å². The van der Waals surface area contributed by atoms with Gasteiger partial charge in [0.2, 0.25) is 0 Å². The van der Waals surface area contributed by atoms with E-state index < -0.39 is 0 Å². The predicted molar refractivity (Wildman–Crippen MR) is 22.2 cm³/mol. The molecule has 0 aliphatic heterocycles. The van der Waals surface area contributed by atoms with Gasteiger partial charge in [-0.25, -0.2) is 0 Å². The standard InChI is InChI=1S/C4H6N/c1-3-4-5-2/h1,4-5H,2H3. The number of rotatable bonds is 1. The Morgan fingerprint density at radius 2 is 2.60 bits per heavy atom. The van der Waals surface area contributed by atoms with E-state index in [-0.39, 0.29) is 0 Å². The molecule has 0 rings (SSSR count). The minimum absolute atomic E-state index is 1.53. The predicted octanol–water partition coefficient (Wildman–Crippen LogP) is 0.000790. The van der Waals surface area contributed by atoms with E-state index in [1.54, 1.807) is 7.05 Å². The fraction of sp³-hybridized carbons (Fsp3) is 0.250. The summed E-state index contributed by atoms with van der Waals surface area (Å²) in [5.74, 6) is 2.28. The van der Waals surface area contributed by atoms with Gasteiger partial charge >= 0.3 is 0 Å². The van der Waals surface area contributed by atoms with E-state index >= 15 is 0 Å². The van der Waals surface area contributed by atoms with Gasteiger partial charge in [0, 0.05) is 0 Å².